The fourth-order valence-corrected chi connectivity index (χ4v) is 2.90. The van der Waals surface area contributed by atoms with Gasteiger partial charge in [-0.2, -0.15) is 0 Å². The number of pyridine rings is 1. The van der Waals surface area contributed by atoms with Crippen molar-refractivity contribution in [1.82, 2.24) is 15.0 Å². The van der Waals surface area contributed by atoms with E-state index in [-0.39, 0.29) is 33.8 Å². The molecule has 5 N–H and O–H groups in total. The van der Waals surface area contributed by atoms with Crippen LogP contribution in [0.5, 0.6) is 0 Å². The fraction of sp³-hybridized carbons (Fsp3) is 0.222. The van der Waals surface area contributed by atoms with Gasteiger partial charge in [0.25, 0.3) is 6.43 Å². The number of hydrogen-bond donors (Lipinski definition) is 4. The second kappa shape index (κ2) is 7.87. The smallest absolute Gasteiger partial charge is 0.339 e. The van der Waals surface area contributed by atoms with E-state index in [0.717, 1.165) is 6.07 Å². The van der Waals surface area contributed by atoms with E-state index in [1.165, 1.54) is 18.2 Å². The summed E-state index contributed by atoms with van der Waals surface area (Å²) in [5, 5.41) is 12.5. The maximum atomic E-state index is 14.5. The number of fused-ring (bicyclic) bond motifs is 1. The normalized spacial score (nSPS) is 12.2. The number of anilines is 2. The predicted molar refractivity (Wildman–Crippen MR) is 100 cm³/mol. The van der Waals surface area contributed by atoms with Gasteiger partial charge in [0.05, 0.1) is 17.0 Å². The molecule has 0 saturated heterocycles. The van der Waals surface area contributed by atoms with Crippen LogP contribution in [0.15, 0.2) is 24.3 Å². The molecule has 0 radical (unpaired) electrons. The maximum Gasteiger partial charge on any atom is 0.339 e. The standard InChI is InChI=1S/C18H17F3N6O2/c1-7(9-4-3-5-10(13(9)19)14(20)21)23-15-11-6-12(18(28)29)17(27-22)26-16(11)25-8(2)24-15/h3-7,14H,22H2,1-2H3,(H,28,29)(H2,23,24,25,26,27)/t7-/m1/s1. The lowest BCUT2D eigenvalue weighted by molar-refractivity contribution is 0.0697. The minimum Gasteiger partial charge on any atom is -0.478 e. The SMILES string of the molecule is Cc1nc(N[C@H](C)c2cccc(C(F)F)c2F)c2cc(C(=O)O)c(NN)nc2n1. The van der Waals surface area contributed by atoms with Crippen molar-refractivity contribution in [1.29, 1.82) is 0 Å². The summed E-state index contributed by atoms with van der Waals surface area (Å²) in [7, 11) is 0. The number of hydrazine groups is 1. The van der Waals surface area contributed by atoms with Crippen LogP contribution in [0.3, 0.4) is 0 Å². The van der Waals surface area contributed by atoms with Gasteiger partial charge in [0.2, 0.25) is 0 Å². The predicted octanol–water partition coefficient (Wildman–Crippen LogP) is 3.57. The van der Waals surface area contributed by atoms with Crippen LogP contribution < -0.4 is 16.6 Å². The number of carboxylic acids is 1. The van der Waals surface area contributed by atoms with E-state index < -0.39 is 29.8 Å². The molecule has 8 nitrogen and oxygen atoms in total. The number of alkyl halides is 2. The second-order valence-electron chi connectivity index (χ2n) is 6.24. The fourth-order valence-electron chi connectivity index (χ4n) is 2.90. The summed E-state index contributed by atoms with van der Waals surface area (Å²) < 4.78 is 40.5. The number of halogens is 3. The molecule has 1 atom stereocenters. The molecule has 0 amide bonds. The summed E-state index contributed by atoms with van der Waals surface area (Å²) in [6.07, 6.45) is -2.95. The topological polar surface area (TPSA) is 126 Å². The van der Waals surface area contributed by atoms with E-state index in [0.29, 0.717) is 5.82 Å². The molecule has 152 valence electrons. The largest absolute Gasteiger partial charge is 0.478 e. The molecule has 3 rings (SSSR count). The van der Waals surface area contributed by atoms with Crippen molar-refractivity contribution in [2.75, 3.05) is 10.7 Å². The molecular formula is C18H17F3N6O2. The van der Waals surface area contributed by atoms with Crippen LogP contribution in [0, 0.1) is 12.7 Å². The highest BCUT2D eigenvalue weighted by Gasteiger charge is 2.21. The Balaban J connectivity index is 2.09. The summed E-state index contributed by atoms with van der Waals surface area (Å²) in [5.41, 5.74) is 1.46. The van der Waals surface area contributed by atoms with Crippen LogP contribution in [-0.2, 0) is 0 Å². The molecule has 2 aromatic heterocycles. The van der Waals surface area contributed by atoms with Crippen molar-refractivity contribution in [3.8, 4) is 0 Å². The Bertz CT molecular complexity index is 1090. The van der Waals surface area contributed by atoms with Crippen molar-refractivity contribution in [2.24, 2.45) is 5.84 Å². The van der Waals surface area contributed by atoms with Crippen molar-refractivity contribution < 1.29 is 23.1 Å². The Morgan fingerprint density at radius 1 is 1.17 bits per heavy atom. The van der Waals surface area contributed by atoms with Crippen molar-refractivity contribution >= 4 is 28.6 Å². The quantitative estimate of drug-likeness (QED) is 0.362. The lowest BCUT2D eigenvalue weighted by Crippen LogP contribution is -2.16. The third-order valence-corrected chi connectivity index (χ3v) is 4.28. The molecular weight excluding hydrogens is 389 g/mol. The van der Waals surface area contributed by atoms with E-state index in [1.54, 1.807) is 13.8 Å². The van der Waals surface area contributed by atoms with E-state index in [9.17, 15) is 23.1 Å². The third-order valence-electron chi connectivity index (χ3n) is 4.28. The number of rotatable bonds is 6. The number of nitrogens with zero attached hydrogens (tertiary/aromatic N) is 3. The Kier molecular flexibility index (Phi) is 5.50. The number of benzene rings is 1. The Hall–Kier alpha value is -3.47. The minimum atomic E-state index is -2.95. The summed E-state index contributed by atoms with van der Waals surface area (Å²) in [4.78, 5) is 24.0. The molecule has 3 aromatic rings. The number of aromatic nitrogens is 3. The zero-order chi connectivity index (χ0) is 21.3. The first kappa shape index (κ1) is 20.3. The number of nitrogens with one attached hydrogen (secondary N) is 2. The van der Waals surface area contributed by atoms with Gasteiger partial charge in [0.1, 0.15) is 23.0 Å². The molecule has 0 unspecified atom stereocenters. The van der Waals surface area contributed by atoms with Gasteiger partial charge < -0.3 is 15.8 Å². The molecule has 11 heteroatoms. The third kappa shape index (κ3) is 3.90. The number of carbonyl (C=O) groups is 1. The van der Waals surface area contributed by atoms with E-state index in [4.69, 9.17) is 5.84 Å². The minimum absolute atomic E-state index is 0.0128. The zero-order valence-corrected chi connectivity index (χ0v) is 15.4. The highest BCUT2D eigenvalue weighted by molar-refractivity contribution is 5.99. The molecule has 1 aromatic carbocycles. The average molecular weight is 406 g/mol. The first-order chi connectivity index (χ1) is 13.7. The number of nitrogens with two attached hydrogens (primary N) is 1. The number of nitrogen functional groups attached to an aromatic ring is 1. The van der Waals surface area contributed by atoms with Crippen LogP contribution in [0.2, 0.25) is 0 Å². The number of aromatic carboxylic acids is 1. The van der Waals surface area contributed by atoms with Gasteiger partial charge in [-0.3, -0.25) is 0 Å². The van der Waals surface area contributed by atoms with Gasteiger partial charge in [-0.15, -0.1) is 0 Å². The summed E-state index contributed by atoms with van der Waals surface area (Å²) in [5.74, 6) is 3.45. The first-order valence-corrected chi connectivity index (χ1v) is 8.45. The average Bonchev–Trinajstić information content (AvgIpc) is 2.66. The Morgan fingerprint density at radius 3 is 2.48 bits per heavy atom. The summed E-state index contributed by atoms with van der Waals surface area (Å²) >= 11 is 0. The number of aryl methyl sites for hydroxylation is 1. The maximum absolute atomic E-state index is 14.5. The molecule has 0 fully saturated rings. The lowest BCUT2D eigenvalue weighted by Gasteiger charge is -2.19. The molecule has 0 saturated carbocycles. The lowest BCUT2D eigenvalue weighted by atomic mass is 10.0. The van der Waals surface area contributed by atoms with Crippen LogP contribution >= 0.6 is 0 Å². The second-order valence-corrected chi connectivity index (χ2v) is 6.24. The van der Waals surface area contributed by atoms with Gasteiger partial charge in [-0.1, -0.05) is 18.2 Å². The highest BCUT2D eigenvalue weighted by Crippen LogP contribution is 2.31. The van der Waals surface area contributed by atoms with Gasteiger partial charge in [-0.25, -0.2) is 38.8 Å². The monoisotopic (exact) mass is 406 g/mol. The van der Waals surface area contributed by atoms with Crippen LogP contribution in [0.1, 0.15) is 46.7 Å². The molecule has 0 spiro atoms. The van der Waals surface area contributed by atoms with Crippen LogP contribution in [-0.4, -0.2) is 26.0 Å². The zero-order valence-electron chi connectivity index (χ0n) is 15.4. The van der Waals surface area contributed by atoms with Gasteiger partial charge in [0.15, 0.2) is 11.5 Å². The highest BCUT2D eigenvalue weighted by atomic mass is 19.3. The van der Waals surface area contributed by atoms with E-state index in [2.05, 4.69) is 25.7 Å². The van der Waals surface area contributed by atoms with Crippen molar-refractivity contribution in [3.05, 3.63) is 52.6 Å². The molecule has 29 heavy (non-hydrogen) atoms. The number of hydrogen-bond acceptors (Lipinski definition) is 7. The molecule has 0 aliphatic heterocycles. The van der Waals surface area contributed by atoms with E-state index in [1.807, 2.05) is 0 Å². The number of carboxylic acid groups (broad SMARTS) is 1. The van der Waals surface area contributed by atoms with Crippen molar-refractivity contribution in [3.63, 3.8) is 0 Å². The van der Waals surface area contributed by atoms with Crippen LogP contribution in [0.4, 0.5) is 24.8 Å². The Morgan fingerprint density at radius 2 is 1.86 bits per heavy atom. The van der Waals surface area contributed by atoms with Gasteiger partial charge in [-0.05, 0) is 19.9 Å². The Labute approximate surface area is 163 Å². The van der Waals surface area contributed by atoms with Gasteiger partial charge >= 0.3 is 5.97 Å². The molecule has 0 bridgehead atoms. The van der Waals surface area contributed by atoms with Gasteiger partial charge in [0, 0.05) is 5.56 Å². The molecule has 0 aliphatic carbocycles. The first-order valence-electron chi connectivity index (χ1n) is 8.45. The summed E-state index contributed by atoms with van der Waals surface area (Å²) in [6.45, 7) is 3.16. The molecule has 0 aliphatic rings. The summed E-state index contributed by atoms with van der Waals surface area (Å²) in [6, 6.07) is 4.26. The van der Waals surface area contributed by atoms with E-state index >= 15 is 0 Å². The van der Waals surface area contributed by atoms with Crippen molar-refractivity contribution in [2.45, 2.75) is 26.3 Å². The molecule has 2 heterocycles. The van der Waals surface area contributed by atoms with Crippen LogP contribution in [0.25, 0.3) is 11.0 Å².